The van der Waals surface area contributed by atoms with E-state index >= 15 is 0 Å². The highest BCUT2D eigenvalue weighted by atomic mass is 35.5. The number of hydrogen-bond donors (Lipinski definition) is 2. The van der Waals surface area contributed by atoms with Gasteiger partial charge in [0.1, 0.15) is 5.75 Å². The molecular formula is C17H17ClN2O3S. The van der Waals surface area contributed by atoms with Crippen LogP contribution in [0.15, 0.2) is 48.5 Å². The molecule has 0 heterocycles. The molecule has 2 aromatic rings. The molecule has 2 aromatic carbocycles. The molecule has 2 rings (SSSR count). The molecule has 7 heteroatoms. The molecular weight excluding hydrogens is 348 g/mol. The van der Waals surface area contributed by atoms with E-state index in [-0.39, 0.29) is 12.5 Å². The molecule has 0 aliphatic rings. The Bertz CT molecular complexity index is 707. The Morgan fingerprint density at radius 2 is 1.92 bits per heavy atom. The van der Waals surface area contributed by atoms with E-state index in [0.29, 0.717) is 28.0 Å². The molecule has 0 aliphatic heterocycles. The molecule has 24 heavy (non-hydrogen) atoms. The predicted octanol–water partition coefficient (Wildman–Crippen LogP) is 3.08. The summed E-state index contributed by atoms with van der Waals surface area (Å²) in [6.45, 7) is -0.175. The number of primary amides is 1. The Morgan fingerprint density at radius 1 is 1.17 bits per heavy atom. The van der Waals surface area contributed by atoms with Crippen LogP contribution in [0.1, 0.15) is 5.56 Å². The van der Waals surface area contributed by atoms with Crippen molar-refractivity contribution in [3.05, 3.63) is 59.1 Å². The summed E-state index contributed by atoms with van der Waals surface area (Å²) in [6, 6.07) is 14.3. The van der Waals surface area contributed by atoms with E-state index in [9.17, 15) is 9.59 Å². The fraction of sp³-hybridized carbons (Fsp3) is 0.176. The molecule has 0 unspecified atom stereocenters. The lowest BCUT2D eigenvalue weighted by Crippen LogP contribution is -2.20. The molecule has 0 aliphatic carbocycles. The molecule has 0 fully saturated rings. The van der Waals surface area contributed by atoms with Gasteiger partial charge >= 0.3 is 0 Å². The Hall–Kier alpha value is -2.18. The smallest absolute Gasteiger partial charge is 0.255 e. The van der Waals surface area contributed by atoms with Gasteiger partial charge < -0.3 is 15.8 Å². The lowest BCUT2D eigenvalue weighted by molar-refractivity contribution is -0.120. The Labute approximate surface area is 149 Å². The molecule has 3 N–H and O–H groups in total. The summed E-state index contributed by atoms with van der Waals surface area (Å²) in [5.41, 5.74) is 6.74. The average molecular weight is 365 g/mol. The second-order valence-electron chi connectivity index (χ2n) is 4.95. The van der Waals surface area contributed by atoms with Crippen LogP contribution in [0.25, 0.3) is 0 Å². The summed E-state index contributed by atoms with van der Waals surface area (Å²) in [4.78, 5) is 22.6. The molecule has 0 saturated carbocycles. The van der Waals surface area contributed by atoms with Crippen LogP contribution in [0.5, 0.6) is 5.75 Å². The number of nitrogens with one attached hydrogen (secondary N) is 1. The highest BCUT2D eigenvalue weighted by molar-refractivity contribution is 7.99. The predicted molar refractivity (Wildman–Crippen MR) is 97.4 cm³/mol. The number of hydrogen-bond acceptors (Lipinski definition) is 4. The Balaban J connectivity index is 1.74. The van der Waals surface area contributed by atoms with Crippen molar-refractivity contribution in [3.63, 3.8) is 0 Å². The summed E-state index contributed by atoms with van der Waals surface area (Å²) in [5, 5.41) is 3.49. The second-order valence-corrected chi connectivity index (χ2v) is 6.37. The van der Waals surface area contributed by atoms with Gasteiger partial charge in [-0.2, -0.15) is 0 Å². The summed E-state index contributed by atoms with van der Waals surface area (Å²) in [7, 11) is 0. The first-order valence-corrected chi connectivity index (χ1v) is 8.69. The van der Waals surface area contributed by atoms with Crippen molar-refractivity contribution in [1.29, 1.82) is 0 Å². The number of carbonyl (C=O) groups is 2. The number of benzene rings is 2. The normalized spacial score (nSPS) is 10.2. The summed E-state index contributed by atoms with van der Waals surface area (Å²) in [6.07, 6.45) is 0. The molecule has 0 bridgehead atoms. The highest BCUT2D eigenvalue weighted by Gasteiger charge is 2.04. The van der Waals surface area contributed by atoms with E-state index in [1.165, 1.54) is 11.8 Å². The third-order valence-electron chi connectivity index (χ3n) is 2.91. The van der Waals surface area contributed by atoms with Crippen LogP contribution < -0.4 is 15.8 Å². The number of ether oxygens (including phenoxy) is 1. The highest BCUT2D eigenvalue weighted by Crippen LogP contribution is 2.18. The van der Waals surface area contributed by atoms with E-state index in [1.807, 2.05) is 24.3 Å². The SMILES string of the molecule is NC(=O)COc1ccc(NC(=O)CSCc2cccc(Cl)c2)cc1. The zero-order valence-corrected chi connectivity index (χ0v) is 14.4. The van der Waals surface area contributed by atoms with Crippen molar-refractivity contribution in [3.8, 4) is 5.75 Å². The van der Waals surface area contributed by atoms with Gasteiger partial charge in [0.15, 0.2) is 6.61 Å². The first-order valence-electron chi connectivity index (χ1n) is 7.16. The number of halogens is 1. The molecule has 2 amide bonds. The number of thioether (sulfide) groups is 1. The fourth-order valence-electron chi connectivity index (χ4n) is 1.87. The summed E-state index contributed by atoms with van der Waals surface area (Å²) >= 11 is 7.43. The minimum absolute atomic E-state index is 0.0900. The first-order chi connectivity index (χ1) is 11.5. The third kappa shape index (κ3) is 6.52. The van der Waals surface area contributed by atoms with E-state index in [4.69, 9.17) is 22.1 Å². The van der Waals surface area contributed by atoms with E-state index in [0.717, 1.165) is 5.56 Å². The van der Waals surface area contributed by atoms with Crippen LogP contribution in [0.2, 0.25) is 5.02 Å². The summed E-state index contributed by atoms with van der Waals surface area (Å²) in [5.74, 6) is 0.944. The van der Waals surface area contributed by atoms with E-state index < -0.39 is 5.91 Å². The Morgan fingerprint density at radius 3 is 2.58 bits per heavy atom. The molecule has 126 valence electrons. The van der Waals surface area contributed by atoms with E-state index in [2.05, 4.69) is 5.32 Å². The number of anilines is 1. The number of carbonyl (C=O) groups excluding carboxylic acids is 2. The maximum atomic E-state index is 11.9. The van der Waals surface area contributed by atoms with Crippen LogP contribution in [-0.2, 0) is 15.3 Å². The second kappa shape index (κ2) is 9.20. The van der Waals surface area contributed by atoms with Crippen molar-refractivity contribution in [2.24, 2.45) is 5.73 Å². The topological polar surface area (TPSA) is 81.4 Å². The minimum Gasteiger partial charge on any atom is -0.484 e. The molecule has 0 radical (unpaired) electrons. The largest absolute Gasteiger partial charge is 0.484 e. The number of amides is 2. The summed E-state index contributed by atoms with van der Waals surface area (Å²) < 4.78 is 5.15. The fourth-order valence-corrected chi connectivity index (χ4v) is 2.86. The Kier molecular flexibility index (Phi) is 6.96. The van der Waals surface area contributed by atoms with Gasteiger partial charge in [-0.05, 0) is 42.0 Å². The van der Waals surface area contributed by atoms with Crippen molar-refractivity contribution < 1.29 is 14.3 Å². The number of nitrogens with two attached hydrogens (primary N) is 1. The van der Waals surface area contributed by atoms with Crippen LogP contribution in [0.4, 0.5) is 5.69 Å². The van der Waals surface area contributed by atoms with Crippen LogP contribution in [0.3, 0.4) is 0 Å². The van der Waals surface area contributed by atoms with Crippen molar-refractivity contribution in [1.82, 2.24) is 0 Å². The van der Waals surface area contributed by atoms with Gasteiger partial charge in [0.2, 0.25) is 5.91 Å². The molecule has 5 nitrogen and oxygen atoms in total. The monoisotopic (exact) mass is 364 g/mol. The van der Waals surface area contributed by atoms with Crippen LogP contribution >= 0.6 is 23.4 Å². The van der Waals surface area contributed by atoms with Gasteiger partial charge in [-0.1, -0.05) is 23.7 Å². The maximum Gasteiger partial charge on any atom is 0.255 e. The maximum absolute atomic E-state index is 11.9. The van der Waals surface area contributed by atoms with Gasteiger partial charge in [-0.25, -0.2) is 0 Å². The molecule has 0 atom stereocenters. The number of rotatable bonds is 8. The van der Waals surface area contributed by atoms with Crippen LogP contribution in [0, 0.1) is 0 Å². The van der Waals surface area contributed by atoms with Gasteiger partial charge in [-0.3, -0.25) is 9.59 Å². The zero-order chi connectivity index (χ0) is 17.4. The zero-order valence-electron chi connectivity index (χ0n) is 12.8. The quantitative estimate of drug-likeness (QED) is 0.754. The lowest BCUT2D eigenvalue weighted by Gasteiger charge is -2.07. The molecule has 0 aromatic heterocycles. The minimum atomic E-state index is -0.538. The standard InChI is InChI=1S/C17H17ClN2O3S/c18-13-3-1-2-12(8-13)10-24-11-17(22)20-14-4-6-15(7-5-14)23-9-16(19)21/h1-8H,9-11H2,(H2,19,21)(H,20,22). The molecule has 0 saturated heterocycles. The van der Waals surface area contributed by atoms with Crippen molar-refractivity contribution >= 4 is 40.9 Å². The van der Waals surface area contributed by atoms with E-state index in [1.54, 1.807) is 24.3 Å². The van der Waals surface area contributed by atoms with Gasteiger partial charge in [0.05, 0.1) is 5.75 Å². The molecule has 0 spiro atoms. The van der Waals surface area contributed by atoms with Crippen molar-refractivity contribution in [2.45, 2.75) is 5.75 Å². The average Bonchev–Trinajstić information content (AvgIpc) is 2.54. The first kappa shape index (κ1) is 18.2. The van der Waals surface area contributed by atoms with Crippen molar-refractivity contribution in [2.75, 3.05) is 17.7 Å². The van der Waals surface area contributed by atoms with Crippen LogP contribution in [-0.4, -0.2) is 24.2 Å². The van der Waals surface area contributed by atoms with Gasteiger partial charge in [-0.15, -0.1) is 11.8 Å². The van der Waals surface area contributed by atoms with Gasteiger partial charge in [0, 0.05) is 16.5 Å². The third-order valence-corrected chi connectivity index (χ3v) is 4.15. The lowest BCUT2D eigenvalue weighted by atomic mass is 10.2. The van der Waals surface area contributed by atoms with Gasteiger partial charge in [0.25, 0.3) is 5.91 Å².